The van der Waals surface area contributed by atoms with Gasteiger partial charge in [-0.2, -0.15) is 0 Å². The first-order chi connectivity index (χ1) is 8.25. The quantitative estimate of drug-likeness (QED) is 0.707. The second kappa shape index (κ2) is 3.99. The molecule has 17 heavy (non-hydrogen) atoms. The Morgan fingerprint density at radius 1 is 1.24 bits per heavy atom. The van der Waals surface area contributed by atoms with Gasteiger partial charge in [0.1, 0.15) is 0 Å². The monoisotopic (exact) mass is 224 g/mol. The molecule has 0 N–H and O–H groups in total. The Hall–Kier alpha value is -1.63. The number of Topliss-reactive ketones (excluding diaryl/α,β-unsaturated/α-hetero) is 1. The molecule has 0 saturated carbocycles. The first-order valence-electron chi connectivity index (χ1n) is 6.26. The highest BCUT2D eigenvalue weighted by Crippen LogP contribution is 2.40. The topological polar surface area (TPSA) is 17.1 Å². The summed E-state index contributed by atoms with van der Waals surface area (Å²) in [4.78, 5) is 11.9. The lowest BCUT2D eigenvalue weighted by atomic mass is 9.86. The Bertz CT molecular complexity index is 522. The number of rotatable bonds is 1. The van der Waals surface area contributed by atoms with Gasteiger partial charge in [0.2, 0.25) is 0 Å². The van der Waals surface area contributed by atoms with Gasteiger partial charge < -0.3 is 0 Å². The van der Waals surface area contributed by atoms with Crippen molar-refractivity contribution < 1.29 is 4.79 Å². The summed E-state index contributed by atoms with van der Waals surface area (Å²) < 4.78 is 0. The molecule has 1 nitrogen and oxygen atoms in total. The van der Waals surface area contributed by atoms with Crippen molar-refractivity contribution >= 4 is 5.78 Å². The lowest BCUT2D eigenvalue weighted by molar-refractivity contribution is 0.0991. The predicted molar refractivity (Wildman–Crippen MR) is 69.1 cm³/mol. The fourth-order valence-corrected chi connectivity index (χ4v) is 2.86. The van der Waals surface area contributed by atoms with Crippen LogP contribution in [-0.2, 0) is 0 Å². The van der Waals surface area contributed by atoms with Crippen molar-refractivity contribution in [1.29, 1.82) is 0 Å². The molecule has 2 aliphatic carbocycles. The third-order valence-corrected chi connectivity index (χ3v) is 3.72. The molecule has 1 aromatic carbocycles. The molecule has 86 valence electrons. The second-order valence-corrected chi connectivity index (χ2v) is 5.05. The van der Waals surface area contributed by atoms with E-state index >= 15 is 0 Å². The summed E-state index contributed by atoms with van der Waals surface area (Å²) in [6.07, 6.45) is 8.50. The second-order valence-electron chi connectivity index (χ2n) is 5.05. The van der Waals surface area contributed by atoms with Crippen LogP contribution >= 0.6 is 0 Å². The van der Waals surface area contributed by atoms with Crippen LogP contribution < -0.4 is 0 Å². The molecule has 0 heterocycles. The number of hydrogen-bond acceptors (Lipinski definition) is 1. The molecule has 1 heteroatoms. The van der Waals surface area contributed by atoms with Crippen molar-refractivity contribution in [2.24, 2.45) is 5.92 Å². The van der Waals surface area contributed by atoms with Gasteiger partial charge in [0, 0.05) is 17.9 Å². The van der Waals surface area contributed by atoms with Crippen molar-refractivity contribution in [2.45, 2.75) is 25.7 Å². The maximum atomic E-state index is 11.9. The van der Waals surface area contributed by atoms with E-state index in [1.807, 2.05) is 18.2 Å². The highest BCUT2D eigenvalue weighted by Gasteiger charge is 2.30. The first-order valence-corrected chi connectivity index (χ1v) is 6.26. The highest BCUT2D eigenvalue weighted by molar-refractivity contribution is 6.02. The van der Waals surface area contributed by atoms with E-state index in [0.717, 1.165) is 12.0 Å². The minimum atomic E-state index is 0.290. The van der Waals surface area contributed by atoms with Crippen LogP contribution in [0.15, 0.2) is 48.1 Å². The van der Waals surface area contributed by atoms with E-state index in [4.69, 9.17) is 0 Å². The molecule has 0 aliphatic heterocycles. The molecule has 1 aromatic rings. The predicted octanol–water partition coefficient (Wildman–Crippen LogP) is 3.88. The largest absolute Gasteiger partial charge is 0.294 e. The van der Waals surface area contributed by atoms with Crippen LogP contribution in [0.5, 0.6) is 0 Å². The number of hydrogen-bond donors (Lipinski definition) is 0. The minimum absolute atomic E-state index is 0.290. The number of carbonyl (C=O) groups excluding carboxylic acids is 1. The molecule has 2 atom stereocenters. The Morgan fingerprint density at radius 3 is 2.88 bits per heavy atom. The lowest BCUT2D eigenvalue weighted by Gasteiger charge is -2.18. The molecule has 2 aliphatic rings. The van der Waals surface area contributed by atoms with Crippen LogP contribution in [0.1, 0.15) is 41.6 Å². The van der Waals surface area contributed by atoms with Crippen molar-refractivity contribution in [3.05, 3.63) is 59.2 Å². The number of ketones is 1. The molecular weight excluding hydrogens is 208 g/mol. The van der Waals surface area contributed by atoms with Crippen molar-refractivity contribution in [3.63, 3.8) is 0 Å². The van der Waals surface area contributed by atoms with Crippen LogP contribution in [-0.4, -0.2) is 5.78 Å². The summed E-state index contributed by atoms with van der Waals surface area (Å²) in [5, 5.41) is 0. The van der Waals surface area contributed by atoms with Gasteiger partial charge in [0.25, 0.3) is 0 Å². The van der Waals surface area contributed by atoms with E-state index in [9.17, 15) is 4.79 Å². The van der Waals surface area contributed by atoms with Gasteiger partial charge in [-0.05, 0) is 23.5 Å². The van der Waals surface area contributed by atoms with E-state index in [0.29, 0.717) is 12.3 Å². The van der Waals surface area contributed by atoms with Gasteiger partial charge >= 0.3 is 0 Å². The van der Waals surface area contributed by atoms with Crippen molar-refractivity contribution in [2.75, 3.05) is 0 Å². The summed E-state index contributed by atoms with van der Waals surface area (Å²) in [7, 11) is 0. The molecule has 0 fully saturated rings. The molecule has 0 aromatic heterocycles. The fourth-order valence-electron chi connectivity index (χ4n) is 2.86. The van der Waals surface area contributed by atoms with Crippen LogP contribution in [0.2, 0.25) is 0 Å². The number of fused-ring (bicyclic) bond motifs is 1. The van der Waals surface area contributed by atoms with Gasteiger partial charge in [-0.3, -0.25) is 4.79 Å². The zero-order chi connectivity index (χ0) is 11.8. The molecule has 0 radical (unpaired) electrons. The van der Waals surface area contributed by atoms with E-state index < -0.39 is 0 Å². The summed E-state index contributed by atoms with van der Waals surface area (Å²) in [5.41, 5.74) is 3.45. The van der Waals surface area contributed by atoms with Crippen LogP contribution in [0, 0.1) is 5.92 Å². The average Bonchev–Trinajstić information content (AvgIpc) is 2.68. The van der Waals surface area contributed by atoms with Crippen molar-refractivity contribution in [1.82, 2.24) is 0 Å². The smallest absolute Gasteiger partial charge is 0.164 e. The lowest BCUT2D eigenvalue weighted by Crippen LogP contribution is -2.03. The molecular formula is C16H16O. The van der Waals surface area contributed by atoms with Gasteiger partial charge in [-0.25, -0.2) is 0 Å². The Morgan fingerprint density at radius 2 is 2.06 bits per heavy atom. The maximum absolute atomic E-state index is 11.9. The fraction of sp³-hybridized carbons (Fsp3) is 0.312. The molecule has 2 unspecified atom stereocenters. The van der Waals surface area contributed by atoms with Gasteiger partial charge in [-0.1, -0.05) is 49.4 Å². The molecule has 0 spiro atoms. The van der Waals surface area contributed by atoms with E-state index in [2.05, 4.69) is 31.2 Å². The zero-order valence-electron chi connectivity index (χ0n) is 10.0. The summed E-state index contributed by atoms with van der Waals surface area (Å²) in [6, 6.07) is 8.03. The van der Waals surface area contributed by atoms with E-state index in [1.165, 1.54) is 11.1 Å². The molecule has 3 rings (SSSR count). The summed E-state index contributed by atoms with van der Waals surface area (Å²) in [5.74, 6) is 1.17. The highest BCUT2D eigenvalue weighted by atomic mass is 16.1. The summed E-state index contributed by atoms with van der Waals surface area (Å²) >= 11 is 0. The van der Waals surface area contributed by atoms with Gasteiger partial charge in [-0.15, -0.1) is 0 Å². The standard InChI is InChI=1S/C16H16O/c1-11-5-4-6-12(9-11)15-10-16(17)14-8-3-2-7-13(14)15/h2-4,6-9,11,15H,5,10H2,1H3. The zero-order valence-corrected chi connectivity index (χ0v) is 10.0. The SMILES string of the molecule is CC1C=C(C2CC(=O)c3ccccc32)C=CC1. The van der Waals surface area contributed by atoms with Gasteiger partial charge in [0.05, 0.1) is 0 Å². The average molecular weight is 224 g/mol. The van der Waals surface area contributed by atoms with Crippen molar-refractivity contribution in [3.8, 4) is 0 Å². The molecule has 0 amide bonds. The summed E-state index contributed by atoms with van der Waals surface area (Å²) in [6.45, 7) is 2.23. The Balaban J connectivity index is 2.02. The Kier molecular flexibility index (Phi) is 2.47. The third-order valence-electron chi connectivity index (χ3n) is 3.72. The van der Waals surface area contributed by atoms with Crippen LogP contribution in [0.25, 0.3) is 0 Å². The third kappa shape index (κ3) is 1.76. The van der Waals surface area contributed by atoms with Crippen LogP contribution in [0.4, 0.5) is 0 Å². The number of allylic oxidation sites excluding steroid dienone is 4. The number of carbonyl (C=O) groups is 1. The van der Waals surface area contributed by atoms with Crippen LogP contribution in [0.3, 0.4) is 0 Å². The normalized spacial score (nSPS) is 26.9. The number of benzene rings is 1. The molecule has 0 saturated heterocycles. The Labute approximate surface area is 102 Å². The minimum Gasteiger partial charge on any atom is -0.294 e. The van der Waals surface area contributed by atoms with E-state index in [-0.39, 0.29) is 11.7 Å². The first kappa shape index (κ1) is 10.5. The van der Waals surface area contributed by atoms with Gasteiger partial charge in [0.15, 0.2) is 5.78 Å². The van der Waals surface area contributed by atoms with E-state index in [1.54, 1.807) is 0 Å². The molecule has 0 bridgehead atoms. The maximum Gasteiger partial charge on any atom is 0.164 e.